The highest BCUT2D eigenvalue weighted by molar-refractivity contribution is 9.10. The monoisotopic (exact) mass is 461 g/mol. The summed E-state index contributed by atoms with van der Waals surface area (Å²) in [7, 11) is 1.92. The average molecular weight is 462 g/mol. The molecule has 0 spiro atoms. The number of nitrogens with zero attached hydrogens (tertiary/aromatic N) is 2. The quantitative estimate of drug-likeness (QED) is 0.426. The number of halogens is 1. The van der Waals surface area contributed by atoms with Crippen molar-refractivity contribution in [3.05, 3.63) is 123 Å². The van der Waals surface area contributed by atoms with Gasteiger partial charge in [0.25, 0.3) is 5.56 Å². The Labute approximate surface area is 184 Å². The normalized spacial score (nSPS) is 11.2. The van der Waals surface area contributed by atoms with Gasteiger partial charge in [-0.05, 0) is 39.2 Å². The highest BCUT2D eigenvalue weighted by atomic mass is 79.9. The summed E-state index contributed by atoms with van der Waals surface area (Å²) in [5.74, 6) is 0.236. The van der Waals surface area contributed by atoms with Crippen molar-refractivity contribution in [2.24, 2.45) is 7.05 Å². The van der Waals surface area contributed by atoms with Crippen LogP contribution in [0.1, 0.15) is 22.7 Å². The third kappa shape index (κ3) is 4.18. The van der Waals surface area contributed by atoms with Gasteiger partial charge in [-0.1, -0.05) is 78.9 Å². The molecule has 0 atom stereocenters. The van der Waals surface area contributed by atoms with E-state index in [-0.39, 0.29) is 11.5 Å². The highest BCUT2D eigenvalue weighted by Gasteiger charge is 2.18. The minimum absolute atomic E-state index is 0.0526. The third-order valence-corrected chi connectivity index (χ3v) is 6.17. The summed E-state index contributed by atoms with van der Waals surface area (Å²) in [6.07, 6.45) is 0. The van der Waals surface area contributed by atoms with E-state index in [1.54, 1.807) is 4.68 Å². The lowest BCUT2D eigenvalue weighted by Gasteiger charge is -2.19. The van der Waals surface area contributed by atoms with Crippen LogP contribution < -0.4 is 10.9 Å². The molecule has 4 aromatic rings. The summed E-state index contributed by atoms with van der Waals surface area (Å²) in [5, 5.41) is 3.57. The van der Waals surface area contributed by atoms with E-state index in [1.807, 2.05) is 54.2 Å². The maximum absolute atomic E-state index is 12.8. The van der Waals surface area contributed by atoms with Crippen molar-refractivity contribution in [3.63, 3.8) is 0 Å². The van der Waals surface area contributed by atoms with Crippen LogP contribution in [0.15, 0.2) is 100 Å². The van der Waals surface area contributed by atoms with Gasteiger partial charge in [0.2, 0.25) is 0 Å². The van der Waals surface area contributed by atoms with Crippen molar-refractivity contribution in [2.45, 2.75) is 12.5 Å². The number of nitrogens with one attached hydrogen (secondary N) is 1. The SMILES string of the molecule is Cn1c(CNCC(c2ccccc2)c2ccccc2)c(Br)c(=O)n1-c1ccccc1. The van der Waals surface area contributed by atoms with Crippen molar-refractivity contribution in [1.82, 2.24) is 14.7 Å². The van der Waals surface area contributed by atoms with Crippen LogP contribution in [0.2, 0.25) is 0 Å². The Hall–Kier alpha value is -2.89. The van der Waals surface area contributed by atoms with Crippen LogP contribution in [0.25, 0.3) is 5.69 Å². The Morgan fingerprint density at radius 2 is 1.33 bits per heavy atom. The molecule has 0 fully saturated rings. The second-order valence-electron chi connectivity index (χ2n) is 7.24. The number of aromatic nitrogens is 2. The first kappa shape index (κ1) is 20.4. The molecule has 4 rings (SSSR count). The predicted octanol–water partition coefficient (Wildman–Crippen LogP) is 4.86. The first-order chi connectivity index (χ1) is 14.7. The maximum Gasteiger partial charge on any atom is 0.286 e. The first-order valence-electron chi connectivity index (χ1n) is 9.99. The van der Waals surface area contributed by atoms with Gasteiger partial charge in [-0.25, -0.2) is 4.68 Å². The standard InChI is InChI=1S/C25H24BrN3O/c1-28-23(24(26)25(30)29(28)21-15-9-4-10-16-21)18-27-17-22(19-11-5-2-6-12-19)20-13-7-3-8-14-20/h2-16,22,27H,17-18H2,1H3. The second kappa shape index (κ2) is 9.28. The van der Waals surface area contributed by atoms with Gasteiger partial charge < -0.3 is 5.32 Å². The van der Waals surface area contributed by atoms with E-state index in [2.05, 4.69) is 69.8 Å². The molecule has 3 aromatic carbocycles. The molecule has 1 heterocycles. The Morgan fingerprint density at radius 1 is 0.833 bits per heavy atom. The molecule has 5 heteroatoms. The lowest BCUT2D eigenvalue weighted by Crippen LogP contribution is -2.24. The molecule has 0 radical (unpaired) electrons. The summed E-state index contributed by atoms with van der Waals surface area (Å²) < 4.78 is 4.19. The van der Waals surface area contributed by atoms with E-state index in [9.17, 15) is 4.79 Å². The molecule has 0 bridgehead atoms. The molecule has 0 saturated heterocycles. The van der Waals surface area contributed by atoms with Crippen LogP contribution in [-0.4, -0.2) is 15.9 Å². The van der Waals surface area contributed by atoms with Crippen LogP contribution in [0, 0.1) is 0 Å². The fraction of sp³-hybridized carbons (Fsp3) is 0.160. The zero-order valence-electron chi connectivity index (χ0n) is 16.8. The summed E-state index contributed by atoms with van der Waals surface area (Å²) in [5.41, 5.74) is 4.26. The predicted molar refractivity (Wildman–Crippen MR) is 125 cm³/mol. The maximum atomic E-state index is 12.8. The molecule has 0 unspecified atom stereocenters. The van der Waals surface area contributed by atoms with Gasteiger partial charge in [0.05, 0.1) is 11.4 Å². The van der Waals surface area contributed by atoms with Crippen molar-refractivity contribution in [2.75, 3.05) is 6.54 Å². The van der Waals surface area contributed by atoms with Crippen LogP contribution >= 0.6 is 15.9 Å². The van der Waals surface area contributed by atoms with Gasteiger partial charge in [0.15, 0.2) is 0 Å². The van der Waals surface area contributed by atoms with Crippen molar-refractivity contribution in [3.8, 4) is 5.69 Å². The molecule has 0 aliphatic rings. The van der Waals surface area contributed by atoms with E-state index in [4.69, 9.17) is 0 Å². The fourth-order valence-electron chi connectivity index (χ4n) is 3.80. The lowest BCUT2D eigenvalue weighted by atomic mass is 9.91. The molecule has 0 aliphatic heterocycles. The molecule has 4 nitrogen and oxygen atoms in total. The largest absolute Gasteiger partial charge is 0.310 e. The minimum Gasteiger partial charge on any atom is -0.310 e. The highest BCUT2D eigenvalue weighted by Crippen LogP contribution is 2.24. The average Bonchev–Trinajstić information content (AvgIpc) is 3.01. The van der Waals surface area contributed by atoms with Gasteiger partial charge in [0.1, 0.15) is 4.47 Å². The zero-order chi connectivity index (χ0) is 20.9. The van der Waals surface area contributed by atoms with E-state index < -0.39 is 0 Å². The molecule has 0 saturated carbocycles. The van der Waals surface area contributed by atoms with Crippen molar-refractivity contribution < 1.29 is 0 Å². The number of benzene rings is 3. The van der Waals surface area contributed by atoms with Gasteiger partial charge in [-0.15, -0.1) is 0 Å². The molecule has 1 aromatic heterocycles. The minimum atomic E-state index is -0.0526. The van der Waals surface area contributed by atoms with Gasteiger partial charge >= 0.3 is 0 Å². The van der Waals surface area contributed by atoms with Gasteiger partial charge in [-0.2, -0.15) is 0 Å². The van der Waals surface area contributed by atoms with Gasteiger partial charge in [-0.3, -0.25) is 9.48 Å². The van der Waals surface area contributed by atoms with E-state index in [1.165, 1.54) is 11.1 Å². The van der Waals surface area contributed by atoms with Gasteiger partial charge in [0, 0.05) is 26.1 Å². The van der Waals surface area contributed by atoms with Crippen LogP contribution in [0.4, 0.5) is 0 Å². The number of hydrogen-bond donors (Lipinski definition) is 1. The number of hydrogen-bond acceptors (Lipinski definition) is 2. The first-order valence-corrected chi connectivity index (χ1v) is 10.8. The Balaban J connectivity index is 1.57. The molecule has 30 heavy (non-hydrogen) atoms. The molecule has 0 aliphatic carbocycles. The summed E-state index contributed by atoms with van der Waals surface area (Å²) in [6.45, 7) is 1.35. The zero-order valence-corrected chi connectivity index (χ0v) is 18.4. The van der Waals surface area contributed by atoms with E-state index >= 15 is 0 Å². The molecular formula is C25H24BrN3O. The second-order valence-corrected chi connectivity index (χ2v) is 8.03. The number of para-hydroxylation sites is 1. The van der Waals surface area contributed by atoms with Crippen molar-refractivity contribution in [1.29, 1.82) is 0 Å². The molecule has 1 N–H and O–H groups in total. The summed E-state index contributed by atoms with van der Waals surface area (Å²) in [4.78, 5) is 12.8. The van der Waals surface area contributed by atoms with E-state index in [0.717, 1.165) is 17.9 Å². The van der Waals surface area contributed by atoms with Crippen LogP contribution in [0.3, 0.4) is 0 Å². The van der Waals surface area contributed by atoms with Crippen LogP contribution in [0.5, 0.6) is 0 Å². The fourth-order valence-corrected chi connectivity index (χ4v) is 4.37. The summed E-state index contributed by atoms with van der Waals surface area (Å²) >= 11 is 3.51. The Bertz CT molecular complexity index is 1110. The molecule has 0 amide bonds. The lowest BCUT2D eigenvalue weighted by molar-refractivity contribution is 0.567. The Kier molecular flexibility index (Phi) is 6.31. The van der Waals surface area contributed by atoms with E-state index in [0.29, 0.717) is 11.0 Å². The third-order valence-electron chi connectivity index (χ3n) is 5.37. The van der Waals surface area contributed by atoms with Crippen molar-refractivity contribution >= 4 is 15.9 Å². The number of rotatable bonds is 7. The topological polar surface area (TPSA) is 39.0 Å². The molecule has 152 valence electrons. The summed E-state index contributed by atoms with van der Waals surface area (Å²) in [6, 6.07) is 30.7. The Morgan fingerprint density at radius 3 is 1.87 bits per heavy atom. The van der Waals surface area contributed by atoms with Crippen LogP contribution in [-0.2, 0) is 13.6 Å². The molecular weight excluding hydrogens is 438 g/mol. The smallest absolute Gasteiger partial charge is 0.286 e.